The van der Waals surface area contributed by atoms with Crippen LogP contribution in [0.5, 0.6) is 0 Å². The second kappa shape index (κ2) is 7.36. The molecule has 1 fully saturated rings. The molecule has 1 aromatic heterocycles. The molecule has 2 aromatic rings. The summed E-state index contributed by atoms with van der Waals surface area (Å²) < 4.78 is 45.8. The largest absolute Gasteiger partial charge is 0.380 e. The van der Waals surface area contributed by atoms with Crippen molar-refractivity contribution in [3.05, 3.63) is 41.1 Å². The first-order valence-electron chi connectivity index (χ1n) is 7.97. The van der Waals surface area contributed by atoms with E-state index in [1.807, 2.05) is 0 Å². The van der Waals surface area contributed by atoms with Gasteiger partial charge < -0.3 is 10.1 Å². The molecule has 0 amide bonds. The van der Waals surface area contributed by atoms with Gasteiger partial charge in [-0.2, -0.15) is 5.10 Å². The number of H-pyrrole nitrogens is 1. The highest BCUT2D eigenvalue weighted by Crippen LogP contribution is 2.27. The number of nitrogens with zero attached hydrogens (tertiary/aromatic N) is 1. The Morgan fingerprint density at radius 1 is 1.25 bits per heavy atom. The topological polar surface area (TPSA) is 49.9 Å². The minimum absolute atomic E-state index is 0.174. The van der Waals surface area contributed by atoms with E-state index in [0.29, 0.717) is 35.5 Å². The van der Waals surface area contributed by atoms with Gasteiger partial charge in [0.2, 0.25) is 0 Å². The number of benzene rings is 1. The van der Waals surface area contributed by atoms with Gasteiger partial charge >= 0.3 is 0 Å². The van der Waals surface area contributed by atoms with Gasteiger partial charge in [0.05, 0.1) is 18.0 Å². The third-order valence-corrected chi connectivity index (χ3v) is 4.36. The van der Waals surface area contributed by atoms with Crippen LogP contribution in [-0.2, 0) is 17.9 Å². The lowest BCUT2D eigenvalue weighted by Crippen LogP contribution is -2.33. The Bertz CT molecular complexity index is 684. The van der Waals surface area contributed by atoms with E-state index < -0.39 is 17.8 Å². The normalized spacial score (nSPS) is 20.7. The number of aromatic amines is 1. The molecule has 2 N–H and O–H groups in total. The first kappa shape index (κ1) is 17.0. The summed E-state index contributed by atoms with van der Waals surface area (Å²) in [5.41, 5.74) is 2.25. The molecule has 1 aromatic carbocycles. The predicted octanol–water partition coefficient (Wildman–Crippen LogP) is 3.48. The Kier molecular flexibility index (Phi) is 5.20. The van der Waals surface area contributed by atoms with Crippen molar-refractivity contribution < 1.29 is 17.9 Å². The fourth-order valence-corrected chi connectivity index (χ4v) is 3.16. The van der Waals surface area contributed by atoms with Crippen LogP contribution in [0.3, 0.4) is 0 Å². The first-order chi connectivity index (χ1) is 11.6. The highest BCUT2D eigenvalue weighted by atomic mass is 19.1. The summed E-state index contributed by atoms with van der Waals surface area (Å²) in [5.74, 6) is -1.32. The van der Waals surface area contributed by atoms with E-state index >= 15 is 0 Å². The van der Waals surface area contributed by atoms with Crippen molar-refractivity contribution in [2.45, 2.75) is 44.6 Å². The summed E-state index contributed by atoms with van der Waals surface area (Å²) in [6.45, 7) is 0.614. The number of aromatic nitrogens is 2. The highest BCUT2D eigenvalue weighted by Gasteiger charge is 2.27. The maximum atomic E-state index is 13.7. The molecule has 3 rings (SSSR count). The van der Waals surface area contributed by atoms with E-state index in [1.165, 1.54) is 19.2 Å². The van der Waals surface area contributed by atoms with E-state index in [4.69, 9.17) is 4.74 Å². The molecule has 0 bridgehead atoms. The van der Waals surface area contributed by atoms with Crippen LogP contribution in [0.2, 0.25) is 0 Å². The summed E-state index contributed by atoms with van der Waals surface area (Å²) >= 11 is 0. The molecule has 2 atom stereocenters. The van der Waals surface area contributed by atoms with Gasteiger partial charge in [0, 0.05) is 36.9 Å². The Labute approximate surface area is 138 Å². The van der Waals surface area contributed by atoms with Crippen molar-refractivity contribution in [2.24, 2.45) is 0 Å². The zero-order chi connectivity index (χ0) is 17.1. The summed E-state index contributed by atoms with van der Waals surface area (Å²) in [7, 11) is 1.54. The molecular weight excluding hydrogens is 319 g/mol. The number of hydrogen-bond donors (Lipinski definition) is 2. The summed E-state index contributed by atoms with van der Waals surface area (Å²) in [6, 6.07) is 3.12. The van der Waals surface area contributed by atoms with Crippen LogP contribution in [0, 0.1) is 11.6 Å². The number of rotatable bonds is 6. The van der Waals surface area contributed by atoms with Gasteiger partial charge in [0.25, 0.3) is 0 Å². The number of alkyl halides is 1. The molecule has 7 heteroatoms. The Morgan fingerprint density at radius 3 is 2.62 bits per heavy atom. The summed E-state index contributed by atoms with van der Waals surface area (Å²) in [6.07, 6.45) is 1.41. The highest BCUT2D eigenvalue weighted by molar-refractivity contribution is 5.64. The van der Waals surface area contributed by atoms with Crippen molar-refractivity contribution in [1.29, 1.82) is 0 Å². The SMILES string of the molecule is COCc1c(CN[C@H]2CCC[C@H]2F)n[nH]c1-c1cc(F)cc(F)c1. The third-order valence-electron chi connectivity index (χ3n) is 4.36. The lowest BCUT2D eigenvalue weighted by molar-refractivity contribution is 0.184. The van der Waals surface area contributed by atoms with Crippen molar-refractivity contribution in [1.82, 2.24) is 15.5 Å². The van der Waals surface area contributed by atoms with Gasteiger partial charge in [0.15, 0.2) is 0 Å². The van der Waals surface area contributed by atoms with E-state index in [9.17, 15) is 13.2 Å². The van der Waals surface area contributed by atoms with Crippen molar-refractivity contribution in [2.75, 3.05) is 7.11 Å². The number of ether oxygens (including phenoxy) is 1. The van der Waals surface area contributed by atoms with Crippen molar-refractivity contribution in [3.63, 3.8) is 0 Å². The third kappa shape index (κ3) is 3.62. The molecule has 24 heavy (non-hydrogen) atoms. The smallest absolute Gasteiger partial charge is 0.126 e. The average molecular weight is 339 g/mol. The fourth-order valence-electron chi connectivity index (χ4n) is 3.16. The molecule has 0 spiro atoms. The number of nitrogens with one attached hydrogen (secondary N) is 2. The molecule has 0 radical (unpaired) electrons. The molecular formula is C17H20F3N3O. The van der Waals surface area contributed by atoms with Gasteiger partial charge in [-0.1, -0.05) is 0 Å². The predicted molar refractivity (Wildman–Crippen MR) is 84.0 cm³/mol. The Hall–Kier alpha value is -1.86. The molecule has 1 heterocycles. The Morgan fingerprint density at radius 2 is 2.00 bits per heavy atom. The van der Waals surface area contributed by atoms with Crippen molar-refractivity contribution >= 4 is 0 Å². The summed E-state index contributed by atoms with van der Waals surface area (Å²) in [5, 5.41) is 10.2. The first-order valence-corrected chi connectivity index (χ1v) is 7.97. The standard InChI is InChI=1S/C17H20F3N3O/c1-24-9-13-16(8-21-15-4-2-3-14(15)20)22-23-17(13)10-5-11(18)7-12(19)6-10/h5-7,14-15,21H,2-4,8-9H2,1H3,(H,22,23)/t14-,15+/m1/s1. The van der Waals surface area contributed by atoms with Crippen LogP contribution in [-0.4, -0.2) is 29.5 Å². The second-order valence-corrected chi connectivity index (χ2v) is 6.05. The molecule has 1 aliphatic carbocycles. The number of halogens is 3. The number of hydrogen-bond acceptors (Lipinski definition) is 3. The zero-order valence-corrected chi connectivity index (χ0v) is 13.4. The van der Waals surface area contributed by atoms with Gasteiger partial charge in [-0.05, 0) is 31.4 Å². The van der Waals surface area contributed by atoms with Crippen LogP contribution in [0.25, 0.3) is 11.3 Å². The van der Waals surface area contributed by atoms with Crippen LogP contribution in [0.4, 0.5) is 13.2 Å². The van der Waals surface area contributed by atoms with Gasteiger partial charge in [-0.15, -0.1) is 0 Å². The minimum Gasteiger partial charge on any atom is -0.380 e. The average Bonchev–Trinajstić information content (AvgIpc) is 3.11. The van der Waals surface area contributed by atoms with Crippen LogP contribution >= 0.6 is 0 Å². The zero-order valence-electron chi connectivity index (χ0n) is 13.4. The van der Waals surface area contributed by atoms with Gasteiger partial charge in [-0.25, -0.2) is 13.2 Å². The monoisotopic (exact) mass is 339 g/mol. The molecule has 130 valence electrons. The molecule has 1 aliphatic rings. The quantitative estimate of drug-likeness (QED) is 0.847. The van der Waals surface area contributed by atoms with E-state index in [2.05, 4.69) is 15.5 Å². The summed E-state index contributed by atoms with van der Waals surface area (Å²) in [4.78, 5) is 0. The lowest BCUT2D eigenvalue weighted by Gasteiger charge is -2.14. The van der Waals surface area contributed by atoms with Crippen LogP contribution in [0.1, 0.15) is 30.5 Å². The molecule has 4 nitrogen and oxygen atoms in total. The van der Waals surface area contributed by atoms with Gasteiger partial charge in [0.1, 0.15) is 17.8 Å². The second-order valence-electron chi connectivity index (χ2n) is 6.05. The van der Waals surface area contributed by atoms with E-state index in [1.54, 1.807) is 0 Å². The van der Waals surface area contributed by atoms with E-state index in [-0.39, 0.29) is 12.6 Å². The minimum atomic E-state index is -0.841. The maximum Gasteiger partial charge on any atom is 0.126 e. The van der Waals surface area contributed by atoms with Crippen molar-refractivity contribution in [3.8, 4) is 11.3 Å². The molecule has 0 aliphatic heterocycles. The van der Waals surface area contributed by atoms with E-state index in [0.717, 1.165) is 18.9 Å². The molecule has 0 unspecified atom stereocenters. The van der Waals surface area contributed by atoms with Crippen LogP contribution < -0.4 is 5.32 Å². The van der Waals surface area contributed by atoms with Gasteiger partial charge in [-0.3, -0.25) is 5.10 Å². The molecule has 0 saturated heterocycles. The lowest BCUT2D eigenvalue weighted by atomic mass is 10.1. The van der Waals surface area contributed by atoms with Crippen LogP contribution in [0.15, 0.2) is 18.2 Å². The Balaban J connectivity index is 1.84. The molecule has 1 saturated carbocycles. The number of methoxy groups -OCH3 is 1. The fraction of sp³-hybridized carbons (Fsp3) is 0.471. The maximum absolute atomic E-state index is 13.7.